The van der Waals surface area contributed by atoms with Gasteiger partial charge in [0.15, 0.2) is 8.32 Å². The van der Waals surface area contributed by atoms with Crippen LogP contribution >= 0.6 is 0 Å². The summed E-state index contributed by atoms with van der Waals surface area (Å²) >= 11 is 0. The molecule has 0 aromatic carbocycles. The second kappa shape index (κ2) is 10.8. The van der Waals surface area contributed by atoms with Crippen molar-refractivity contribution >= 4 is 8.32 Å². The normalized spacial score (nSPS) is 19.4. The van der Waals surface area contributed by atoms with Crippen LogP contribution in [0.15, 0.2) is 0 Å². The van der Waals surface area contributed by atoms with E-state index in [0.717, 1.165) is 0 Å². The van der Waals surface area contributed by atoms with Gasteiger partial charge in [-0.1, -0.05) is 78.1 Å². The highest BCUT2D eigenvalue weighted by Crippen LogP contribution is 2.33. The lowest BCUT2D eigenvalue weighted by molar-refractivity contribution is 0.165. The van der Waals surface area contributed by atoms with E-state index >= 15 is 0 Å². The number of rotatable bonds is 12. The van der Waals surface area contributed by atoms with E-state index in [-0.39, 0.29) is 0 Å². The number of unbranched alkanes of at least 4 members (excludes halogenated alkanes) is 6. The van der Waals surface area contributed by atoms with Crippen molar-refractivity contribution in [2.75, 3.05) is 0 Å². The molecule has 1 rings (SSSR count). The molecule has 20 heavy (non-hydrogen) atoms. The van der Waals surface area contributed by atoms with E-state index < -0.39 is 8.32 Å². The first kappa shape index (κ1) is 18.2. The maximum Gasteiger partial charge on any atom is 0.190 e. The van der Waals surface area contributed by atoms with E-state index in [1.165, 1.54) is 89.1 Å². The summed E-state index contributed by atoms with van der Waals surface area (Å²) in [7, 11) is -1.27. The van der Waals surface area contributed by atoms with Crippen LogP contribution < -0.4 is 0 Å². The molecule has 0 bridgehead atoms. The van der Waals surface area contributed by atoms with Crippen molar-refractivity contribution in [1.29, 1.82) is 0 Å². The van der Waals surface area contributed by atoms with E-state index in [0.29, 0.717) is 6.10 Å². The van der Waals surface area contributed by atoms with Crippen LogP contribution in [0.4, 0.5) is 0 Å². The van der Waals surface area contributed by atoms with Crippen LogP contribution in [0.3, 0.4) is 0 Å². The van der Waals surface area contributed by atoms with Crippen molar-refractivity contribution < 1.29 is 4.43 Å². The number of hydrogen-bond acceptors (Lipinski definition) is 1. The minimum atomic E-state index is -1.27. The molecule has 1 atom stereocenters. The first-order valence-electron chi connectivity index (χ1n) is 9.38. The summed E-state index contributed by atoms with van der Waals surface area (Å²) in [4.78, 5) is 0. The Bertz CT molecular complexity index is 223. The molecule has 0 aliphatic carbocycles. The topological polar surface area (TPSA) is 9.23 Å². The van der Waals surface area contributed by atoms with Gasteiger partial charge in [0.1, 0.15) is 0 Å². The summed E-state index contributed by atoms with van der Waals surface area (Å²) in [5.74, 6) is 0. The molecule has 0 aromatic heterocycles. The zero-order valence-electron chi connectivity index (χ0n) is 14.4. The molecule has 0 N–H and O–H groups in total. The molecule has 1 aliphatic rings. The van der Waals surface area contributed by atoms with Crippen LogP contribution in [0.5, 0.6) is 0 Å². The lowest BCUT2D eigenvalue weighted by Crippen LogP contribution is -2.35. The van der Waals surface area contributed by atoms with Crippen molar-refractivity contribution in [2.24, 2.45) is 0 Å². The Balaban J connectivity index is 2.12. The molecule has 0 radical (unpaired) electrons. The maximum atomic E-state index is 6.62. The highest BCUT2D eigenvalue weighted by atomic mass is 28.4. The predicted octanol–water partition coefficient (Wildman–Crippen LogP) is 6.68. The van der Waals surface area contributed by atoms with Crippen LogP contribution in [0.1, 0.15) is 90.9 Å². The standard InChI is InChI=1S/C18H38OSi/c1-4-6-7-8-9-10-11-15-18(14-5-2)19-20(3)16-12-13-17-20/h18H,4-17H2,1-3H3. The first-order chi connectivity index (χ1) is 9.70. The summed E-state index contributed by atoms with van der Waals surface area (Å²) in [6.07, 6.45) is 17.3. The molecule has 1 heterocycles. The third kappa shape index (κ3) is 7.83. The molecule has 1 fully saturated rings. The molecular formula is C18H38OSi. The van der Waals surface area contributed by atoms with Crippen molar-refractivity contribution in [3.63, 3.8) is 0 Å². The smallest absolute Gasteiger partial charge is 0.190 e. The van der Waals surface area contributed by atoms with Gasteiger partial charge in [0.2, 0.25) is 0 Å². The molecule has 1 saturated heterocycles. The van der Waals surface area contributed by atoms with E-state index in [1.54, 1.807) is 0 Å². The van der Waals surface area contributed by atoms with Crippen LogP contribution in [-0.2, 0) is 4.43 Å². The minimum absolute atomic E-state index is 0.588. The Morgan fingerprint density at radius 3 is 2.00 bits per heavy atom. The lowest BCUT2D eigenvalue weighted by Gasteiger charge is -2.29. The lowest BCUT2D eigenvalue weighted by atomic mass is 10.0. The van der Waals surface area contributed by atoms with E-state index in [9.17, 15) is 0 Å². The number of hydrogen-bond donors (Lipinski definition) is 0. The van der Waals surface area contributed by atoms with Gasteiger partial charge in [0, 0.05) is 6.10 Å². The highest BCUT2D eigenvalue weighted by molar-refractivity contribution is 6.73. The molecule has 1 nitrogen and oxygen atoms in total. The Kier molecular flexibility index (Phi) is 9.88. The second-order valence-corrected chi connectivity index (χ2v) is 11.2. The van der Waals surface area contributed by atoms with Gasteiger partial charge >= 0.3 is 0 Å². The second-order valence-electron chi connectivity index (χ2n) is 7.10. The van der Waals surface area contributed by atoms with Crippen molar-refractivity contribution in [2.45, 2.75) is 116 Å². The molecule has 0 aromatic rings. The Labute approximate surface area is 129 Å². The van der Waals surface area contributed by atoms with Crippen LogP contribution in [0, 0.1) is 0 Å². The van der Waals surface area contributed by atoms with Crippen molar-refractivity contribution in [3.05, 3.63) is 0 Å². The van der Waals surface area contributed by atoms with Crippen molar-refractivity contribution in [1.82, 2.24) is 0 Å². The maximum absolute atomic E-state index is 6.62. The minimum Gasteiger partial charge on any atom is -0.414 e. The molecule has 1 unspecified atom stereocenters. The van der Waals surface area contributed by atoms with Crippen LogP contribution in [-0.4, -0.2) is 14.4 Å². The summed E-state index contributed by atoms with van der Waals surface area (Å²) in [6.45, 7) is 7.08. The Morgan fingerprint density at radius 1 is 0.800 bits per heavy atom. The third-order valence-electron chi connectivity index (χ3n) is 4.85. The summed E-state index contributed by atoms with van der Waals surface area (Å²) in [6, 6.07) is 2.84. The fourth-order valence-electron chi connectivity index (χ4n) is 3.56. The van der Waals surface area contributed by atoms with E-state index in [1.807, 2.05) is 0 Å². The molecule has 1 aliphatic heterocycles. The zero-order valence-corrected chi connectivity index (χ0v) is 15.4. The SMILES string of the molecule is CCCCCCCCCC(CCC)O[Si]1(C)CCCC1. The van der Waals surface area contributed by atoms with Gasteiger partial charge in [-0.2, -0.15) is 0 Å². The third-order valence-corrected chi connectivity index (χ3v) is 8.58. The predicted molar refractivity (Wildman–Crippen MR) is 92.9 cm³/mol. The average Bonchev–Trinajstić information content (AvgIpc) is 2.84. The van der Waals surface area contributed by atoms with E-state index in [4.69, 9.17) is 4.43 Å². The average molecular weight is 299 g/mol. The molecule has 0 spiro atoms. The first-order valence-corrected chi connectivity index (χ1v) is 12.2. The zero-order chi connectivity index (χ0) is 14.7. The van der Waals surface area contributed by atoms with Crippen LogP contribution in [0.2, 0.25) is 18.6 Å². The van der Waals surface area contributed by atoms with Gasteiger partial charge in [-0.15, -0.1) is 0 Å². The summed E-state index contributed by atoms with van der Waals surface area (Å²) in [5.41, 5.74) is 0. The van der Waals surface area contributed by atoms with Gasteiger partial charge in [0.25, 0.3) is 0 Å². The monoisotopic (exact) mass is 298 g/mol. The Morgan fingerprint density at radius 2 is 1.40 bits per heavy atom. The van der Waals surface area contributed by atoms with Gasteiger partial charge in [0.05, 0.1) is 0 Å². The van der Waals surface area contributed by atoms with Crippen molar-refractivity contribution in [3.8, 4) is 0 Å². The fourth-order valence-corrected chi connectivity index (χ4v) is 7.08. The quantitative estimate of drug-likeness (QED) is 0.288. The van der Waals surface area contributed by atoms with Gasteiger partial charge in [-0.25, -0.2) is 0 Å². The van der Waals surface area contributed by atoms with Crippen LogP contribution in [0.25, 0.3) is 0 Å². The fraction of sp³-hybridized carbons (Fsp3) is 1.00. The highest BCUT2D eigenvalue weighted by Gasteiger charge is 2.34. The summed E-state index contributed by atoms with van der Waals surface area (Å²) in [5, 5.41) is 0. The molecule has 2 heteroatoms. The van der Waals surface area contributed by atoms with Gasteiger partial charge < -0.3 is 4.43 Å². The van der Waals surface area contributed by atoms with Gasteiger partial charge in [-0.05, 0) is 31.5 Å². The molecule has 0 amide bonds. The van der Waals surface area contributed by atoms with Gasteiger partial charge in [-0.3, -0.25) is 0 Å². The molecule has 0 saturated carbocycles. The summed E-state index contributed by atoms with van der Waals surface area (Å²) < 4.78 is 6.62. The van der Waals surface area contributed by atoms with E-state index in [2.05, 4.69) is 20.4 Å². The molecular weight excluding hydrogens is 260 g/mol. The molecule has 120 valence electrons. The largest absolute Gasteiger partial charge is 0.414 e. The Hall–Kier alpha value is 0.177.